The van der Waals surface area contributed by atoms with Crippen LogP contribution in [0.3, 0.4) is 0 Å². The van der Waals surface area contributed by atoms with E-state index in [0.717, 1.165) is 5.56 Å². The van der Waals surface area contributed by atoms with Gasteiger partial charge in [-0.3, -0.25) is 4.79 Å². The number of carbonyl (C=O) groups excluding carboxylic acids is 1. The number of hydrogen-bond donors (Lipinski definition) is 2. The molecular formula is C14H19F3N2O2. The number of nitrogens with two attached hydrogens (primary N) is 1. The topological polar surface area (TPSA) is 64.4 Å². The first-order valence-electron chi connectivity index (χ1n) is 6.60. The van der Waals surface area contributed by atoms with Gasteiger partial charge >= 0.3 is 6.18 Å². The lowest BCUT2D eigenvalue weighted by Crippen LogP contribution is -2.23. The Morgan fingerprint density at radius 1 is 1.19 bits per heavy atom. The second-order valence-electron chi connectivity index (χ2n) is 4.59. The van der Waals surface area contributed by atoms with Crippen molar-refractivity contribution in [1.82, 2.24) is 5.32 Å². The zero-order valence-corrected chi connectivity index (χ0v) is 11.6. The fourth-order valence-corrected chi connectivity index (χ4v) is 1.59. The van der Waals surface area contributed by atoms with E-state index in [9.17, 15) is 18.0 Å². The van der Waals surface area contributed by atoms with Crippen molar-refractivity contribution in [3.63, 3.8) is 0 Å². The first kappa shape index (κ1) is 17.5. The third-order valence-corrected chi connectivity index (χ3v) is 2.66. The van der Waals surface area contributed by atoms with Crippen LogP contribution in [-0.4, -0.2) is 25.2 Å². The molecule has 0 atom stereocenters. The predicted octanol–water partition coefficient (Wildman–Crippen LogP) is 2.12. The number of carbonyl (C=O) groups is 1. The van der Waals surface area contributed by atoms with Crippen LogP contribution in [0.25, 0.3) is 0 Å². The Labute approximate surface area is 121 Å². The largest absolute Gasteiger partial charge is 0.411 e. The molecule has 4 nitrogen and oxygen atoms in total. The molecular weight excluding hydrogens is 285 g/mol. The fraction of sp³-hybridized carbons (Fsp3) is 0.500. The lowest BCUT2D eigenvalue weighted by atomic mass is 10.1. The van der Waals surface area contributed by atoms with E-state index in [0.29, 0.717) is 31.5 Å². The summed E-state index contributed by atoms with van der Waals surface area (Å²) in [6, 6.07) is 6.85. The van der Waals surface area contributed by atoms with E-state index in [-0.39, 0.29) is 12.5 Å². The summed E-state index contributed by atoms with van der Waals surface area (Å²) in [4.78, 5) is 11.4. The lowest BCUT2D eigenvalue weighted by Gasteiger charge is -2.09. The first-order chi connectivity index (χ1) is 9.90. The van der Waals surface area contributed by atoms with Gasteiger partial charge in [0.05, 0.1) is 6.61 Å². The smallest absolute Gasteiger partial charge is 0.367 e. The van der Waals surface area contributed by atoms with Gasteiger partial charge in [-0.15, -0.1) is 0 Å². The molecule has 0 saturated heterocycles. The zero-order chi connectivity index (χ0) is 15.7. The zero-order valence-electron chi connectivity index (χ0n) is 11.6. The molecule has 0 spiro atoms. The van der Waals surface area contributed by atoms with Crippen LogP contribution in [0.5, 0.6) is 0 Å². The number of nitrogens with one attached hydrogen (secondary N) is 1. The lowest BCUT2D eigenvalue weighted by molar-refractivity contribution is -0.176. The van der Waals surface area contributed by atoms with Crippen molar-refractivity contribution >= 4 is 5.91 Å². The summed E-state index contributed by atoms with van der Waals surface area (Å²) < 4.78 is 40.3. The number of ether oxygens (including phenoxy) is 1. The fourth-order valence-electron chi connectivity index (χ4n) is 1.59. The molecule has 0 aliphatic heterocycles. The van der Waals surface area contributed by atoms with Gasteiger partial charge in [0.25, 0.3) is 0 Å². The number of rotatable bonds is 8. The number of hydrogen-bond acceptors (Lipinski definition) is 3. The summed E-state index contributed by atoms with van der Waals surface area (Å²) in [7, 11) is 0. The van der Waals surface area contributed by atoms with Gasteiger partial charge in [0.15, 0.2) is 0 Å². The molecule has 0 aliphatic carbocycles. The van der Waals surface area contributed by atoms with Gasteiger partial charge < -0.3 is 15.8 Å². The molecule has 21 heavy (non-hydrogen) atoms. The van der Waals surface area contributed by atoms with Gasteiger partial charge in [0.2, 0.25) is 5.91 Å². The molecule has 0 saturated carbocycles. The molecule has 0 unspecified atom stereocenters. The maximum atomic E-state index is 11.9. The highest BCUT2D eigenvalue weighted by Crippen LogP contribution is 2.15. The molecule has 0 heterocycles. The number of alkyl halides is 3. The molecule has 0 radical (unpaired) electrons. The third-order valence-electron chi connectivity index (χ3n) is 2.66. The molecule has 0 aromatic heterocycles. The molecule has 3 N–H and O–H groups in total. The van der Waals surface area contributed by atoms with Crippen molar-refractivity contribution in [3.05, 3.63) is 35.4 Å². The average molecular weight is 304 g/mol. The summed E-state index contributed by atoms with van der Waals surface area (Å²) in [5.74, 6) is -0.0713. The van der Waals surface area contributed by atoms with E-state index in [4.69, 9.17) is 5.73 Å². The quantitative estimate of drug-likeness (QED) is 0.773. The second kappa shape index (κ2) is 8.63. The molecule has 1 aromatic rings. The summed E-state index contributed by atoms with van der Waals surface area (Å²) >= 11 is 0. The van der Waals surface area contributed by atoms with Crippen LogP contribution in [0.1, 0.15) is 24.0 Å². The maximum Gasteiger partial charge on any atom is 0.411 e. The maximum absolute atomic E-state index is 11.9. The Bertz CT molecular complexity index is 433. The molecule has 1 amide bonds. The van der Waals surface area contributed by atoms with E-state index < -0.39 is 12.8 Å². The monoisotopic (exact) mass is 304 g/mol. The number of halogens is 3. The van der Waals surface area contributed by atoms with Crippen molar-refractivity contribution < 1.29 is 22.7 Å². The molecule has 1 aromatic carbocycles. The molecule has 0 aliphatic rings. The van der Waals surface area contributed by atoms with Crippen molar-refractivity contribution in [2.24, 2.45) is 5.73 Å². The van der Waals surface area contributed by atoms with Gasteiger partial charge in [-0.1, -0.05) is 24.3 Å². The highest BCUT2D eigenvalue weighted by Gasteiger charge is 2.27. The highest BCUT2D eigenvalue weighted by molar-refractivity contribution is 5.75. The Morgan fingerprint density at radius 3 is 2.38 bits per heavy atom. The summed E-state index contributed by atoms with van der Waals surface area (Å²) in [5, 5.41) is 2.74. The van der Waals surface area contributed by atoms with Crippen molar-refractivity contribution in [3.8, 4) is 0 Å². The van der Waals surface area contributed by atoms with E-state index in [2.05, 4.69) is 10.1 Å². The number of amides is 1. The first-order valence-corrected chi connectivity index (χ1v) is 6.60. The normalized spacial score (nSPS) is 11.4. The summed E-state index contributed by atoms with van der Waals surface area (Å²) in [6.07, 6.45) is -3.28. The Hall–Kier alpha value is -1.60. The molecule has 118 valence electrons. The second-order valence-corrected chi connectivity index (χ2v) is 4.59. The van der Waals surface area contributed by atoms with Crippen LogP contribution in [-0.2, 0) is 22.7 Å². The predicted molar refractivity (Wildman–Crippen MR) is 72.3 cm³/mol. The van der Waals surface area contributed by atoms with Gasteiger partial charge in [-0.2, -0.15) is 13.2 Å². The van der Waals surface area contributed by atoms with Crippen LogP contribution in [0.15, 0.2) is 24.3 Å². The van der Waals surface area contributed by atoms with Gasteiger partial charge in [0, 0.05) is 13.0 Å². The SMILES string of the molecule is NCCCC(=O)NCc1ccc(COCC(F)(F)F)cc1. The molecule has 0 fully saturated rings. The van der Waals surface area contributed by atoms with Crippen LogP contribution in [0, 0.1) is 0 Å². The third kappa shape index (κ3) is 8.31. The Kier molecular flexibility index (Phi) is 7.18. The minimum Gasteiger partial charge on any atom is -0.367 e. The van der Waals surface area contributed by atoms with E-state index in [1.54, 1.807) is 24.3 Å². The number of benzene rings is 1. The summed E-state index contributed by atoms with van der Waals surface area (Å²) in [6.45, 7) is -0.498. The van der Waals surface area contributed by atoms with Crippen molar-refractivity contribution in [1.29, 1.82) is 0 Å². The van der Waals surface area contributed by atoms with Crippen LogP contribution in [0.2, 0.25) is 0 Å². The molecule has 1 rings (SSSR count). The van der Waals surface area contributed by atoms with Crippen LogP contribution >= 0.6 is 0 Å². The van der Waals surface area contributed by atoms with Crippen molar-refractivity contribution in [2.45, 2.75) is 32.2 Å². The van der Waals surface area contributed by atoms with E-state index in [1.807, 2.05) is 0 Å². The van der Waals surface area contributed by atoms with E-state index in [1.165, 1.54) is 0 Å². The van der Waals surface area contributed by atoms with Crippen LogP contribution < -0.4 is 11.1 Å². The highest BCUT2D eigenvalue weighted by atomic mass is 19.4. The van der Waals surface area contributed by atoms with E-state index >= 15 is 0 Å². The standard InChI is InChI=1S/C14H19F3N2O2/c15-14(16,17)10-21-9-12-5-3-11(4-6-12)8-19-13(20)2-1-7-18/h3-6H,1-2,7-10,18H2,(H,19,20). The van der Waals surface area contributed by atoms with Crippen molar-refractivity contribution in [2.75, 3.05) is 13.2 Å². The van der Waals surface area contributed by atoms with Gasteiger partial charge in [-0.05, 0) is 24.1 Å². The van der Waals surface area contributed by atoms with Gasteiger partial charge in [-0.25, -0.2) is 0 Å². The Morgan fingerprint density at radius 2 is 1.81 bits per heavy atom. The van der Waals surface area contributed by atoms with Crippen LogP contribution in [0.4, 0.5) is 13.2 Å². The molecule has 7 heteroatoms. The average Bonchev–Trinajstić information content (AvgIpc) is 2.43. The van der Waals surface area contributed by atoms with Gasteiger partial charge in [0.1, 0.15) is 6.61 Å². The summed E-state index contributed by atoms with van der Waals surface area (Å²) in [5.41, 5.74) is 6.83. The Balaban J connectivity index is 2.31. The molecule has 0 bridgehead atoms. The minimum absolute atomic E-state index is 0.0713. The minimum atomic E-state index is -4.31.